The summed E-state index contributed by atoms with van der Waals surface area (Å²) in [5.74, 6) is -0.708. The van der Waals surface area contributed by atoms with Crippen molar-refractivity contribution in [2.75, 3.05) is 0 Å². The maximum atomic E-state index is 13.1. The zero-order chi connectivity index (χ0) is 14.7. The highest BCUT2D eigenvalue weighted by atomic mass is 19.1. The minimum Gasteiger partial charge on any atom is -0.348 e. The highest BCUT2D eigenvalue weighted by Crippen LogP contribution is 2.13. The number of pyridine rings is 1. The van der Waals surface area contributed by atoms with E-state index in [2.05, 4.69) is 10.3 Å². The maximum absolute atomic E-state index is 13.1. The van der Waals surface area contributed by atoms with Crippen LogP contribution in [0.4, 0.5) is 4.39 Å². The van der Waals surface area contributed by atoms with E-state index >= 15 is 0 Å². The van der Waals surface area contributed by atoms with Crippen molar-refractivity contribution in [1.82, 2.24) is 10.3 Å². The number of nitrogens with zero attached hydrogens (tertiary/aromatic N) is 1. The molecule has 1 amide bonds. The van der Waals surface area contributed by atoms with Crippen LogP contribution in [0.1, 0.15) is 15.9 Å². The molecule has 3 nitrogen and oxygen atoms in total. The number of benzene rings is 2. The number of halogens is 1. The van der Waals surface area contributed by atoms with Crippen LogP contribution in [-0.4, -0.2) is 10.9 Å². The maximum Gasteiger partial charge on any atom is 0.251 e. The molecule has 0 atom stereocenters. The number of amides is 1. The van der Waals surface area contributed by atoms with Crippen LogP contribution in [0, 0.1) is 5.82 Å². The van der Waals surface area contributed by atoms with Gasteiger partial charge in [-0.25, -0.2) is 4.39 Å². The Morgan fingerprint density at radius 1 is 1.10 bits per heavy atom. The first kappa shape index (κ1) is 13.2. The van der Waals surface area contributed by atoms with Crippen LogP contribution in [0.5, 0.6) is 0 Å². The molecular weight excluding hydrogens is 267 g/mol. The second-order valence-corrected chi connectivity index (χ2v) is 4.72. The number of aromatic nitrogens is 1. The summed E-state index contributed by atoms with van der Waals surface area (Å²) in [5, 5.41) is 3.80. The lowest BCUT2D eigenvalue weighted by atomic mass is 10.1. The average Bonchev–Trinajstić information content (AvgIpc) is 2.52. The first-order valence-electron chi connectivity index (χ1n) is 6.60. The molecular formula is C17H13FN2O. The second-order valence-electron chi connectivity index (χ2n) is 4.72. The fourth-order valence-corrected chi connectivity index (χ4v) is 2.15. The fraction of sp³-hybridized carbons (Fsp3) is 0.0588. The van der Waals surface area contributed by atoms with Gasteiger partial charge in [0.15, 0.2) is 0 Å². The Hall–Kier alpha value is -2.75. The summed E-state index contributed by atoms with van der Waals surface area (Å²) in [7, 11) is 0. The van der Waals surface area contributed by atoms with E-state index in [0.29, 0.717) is 12.1 Å². The molecule has 3 aromatic rings. The van der Waals surface area contributed by atoms with Crippen molar-refractivity contribution in [1.29, 1.82) is 0 Å². The molecule has 0 spiro atoms. The molecule has 2 aromatic carbocycles. The van der Waals surface area contributed by atoms with E-state index in [1.807, 2.05) is 30.3 Å². The molecule has 0 bridgehead atoms. The third-order valence-electron chi connectivity index (χ3n) is 3.21. The molecule has 0 unspecified atom stereocenters. The Labute approximate surface area is 121 Å². The summed E-state index contributed by atoms with van der Waals surface area (Å²) < 4.78 is 13.1. The average molecular weight is 280 g/mol. The highest BCUT2D eigenvalue weighted by molar-refractivity contribution is 5.94. The predicted molar refractivity (Wildman–Crippen MR) is 79.3 cm³/mol. The molecule has 0 saturated heterocycles. The number of carbonyl (C=O) groups is 1. The largest absolute Gasteiger partial charge is 0.348 e. The third kappa shape index (κ3) is 3.05. The van der Waals surface area contributed by atoms with Crippen molar-refractivity contribution in [2.24, 2.45) is 0 Å². The van der Waals surface area contributed by atoms with Crippen molar-refractivity contribution in [3.05, 3.63) is 77.7 Å². The SMILES string of the molecule is O=C(NCc1ccc2ncccc2c1)c1cccc(F)c1. The molecule has 1 aromatic heterocycles. The van der Waals surface area contributed by atoms with Gasteiger partial charge in [-0.1, -0.05) is 18.2 Å². The van der Waals surface area contributed by atoms with E-state index in [9.17, 15) is 9.18 Å². The van der Waals surface area contributed by atoms with E-state index in [4.69, 9.17) is 0 Å². The fourth-order valence-electron chi connectivity index (χ4n) is 2.15. The lowest BCUT2D eigenvalue weighted by molar-refractivity contribution is 0.0950. The Bertz CT molecular complexity index is 801. The van der Waals surface area contributed by atoms with Crippen LogP contribution in [0.15, 0.2) is 60.8 Å². The van der Waals surface area contributed by atoms with Crippen LogP contribution in [0.3, 0.4) is 0 Å². The predicted octanol–water partition coefficient (Wildman–Crippen LogP) is 3.30. The molecule has 4 heteroatoms. The van der Waals surface area contributed by atoms with Crippen molar-refractivity contribution < 1.29 is 9.18 Å². The molecule has 0 aliphatic carbocycles. The lowest BCUT2D eigenvalue weighted by Gasteiger charge is -2.06. The lowest BCUT2D eigenvalue weighted by Crippen LogP contribution is -2.22. The number of rotatable bonds is 3. The molecule has 21 heavy (non-hydrogen) atoms. The van der Waals surface area contributed by atoms with Gasteiger partial charge in [0.1, 0.15) is 5.82 Å². The number of hydrogen-bond acceptors (Lipinski definition) is 2. The van der Waals surface area contributed by atoms with Gasteiger partial charge in [-0.05, 0) is 42.0 Å². The quantitative estimate of drug-likeness (QED) is 0.799. The highest BCUT2D eigenvalue weighted by Gasteiger charge is 2.06. The van der Waals surface area contributed by atoms with Crippen molar-refractivity contribution in [3.8, 4) is 0 Å². The summed E-state index contributed by atoms with van der Waals surface area (Å²) >= 11 is 0. The molecule has 3 rings (SSSR count). The summed E-state index contributed by atoms with van der Waals surface area (Å²) in [6, 6.07) is 15.3. The van der Waals surface area contributed by atoms with Gasteiger partial charge in [-0.15, -0.1) is 0 Å². The van der Waals surface area contributed by atoms with E-state index in [1.165, 1.54) is 18.2 Å². The molecule has 0 aliphatic rings. The van der Waals surface area contributed by atoms with Crippen LogP contribution in [-0.2, 0) is 6.54 Å². The van der Waals surface area contributed by atoms with Crippen molar-refractivity contribution in [3.63, 3.8) is 0 Å². The van der Waals surface area contributed by atoms with Crippen LogP contribution < -0.4 is 5.32 Å². The van der Waals surface area contributed by atoms with Crippen molar-refractivity contribution in [2.45, 2.75) is 6.54 Å². The van der Waals surface area contributed by atoms with E-state index in [0.717, 1.165) is 16.5 Å². The Morgan fingerprint density at radius 3 is 2.86 bits per heavy atom. The molecule has 0 fully saturated rings. The zero-order valence-electron chi connectivity index (χ0n) is 11.2. The number of carbonyl (C=O) groups excluding carboxylic acids is 1. The molecule has 104 valence electrons. The first-order valence-corrected chi connectivity index (χ1v) is 6.60. The van der Waals surface area contributed by atoms with Gasteiger partial charge in [0.05, 0.1) is 5.52 Å². The monoisotopic (exact) mass is 280 g/mol. The molecule has 0 radical (unpaired) electrons. The Balaban J connectivity index is 1.72. The van der Waals surface area contributed by atoms with E-state index < -0.39 is 5.82 Å². The number of hydrogen-bond donors (Lipinski definition) is 1. The molecule has 0 aliphatic heterocycles. The van der Waals surface area contributed by atoms with Gasteiger partial charge >= 0.3 is 0 Å². The Morgan fingerprint density at radius 2 is 2.00 bits per heavy atom. The Kier molecular flexibility index (Phi) is 3.60. The summed E-state index contributed by atoms with van der Waals surface area (Å²) in [4.78, 5) is 16.2. The molecule has 0 saturated carbocycles. The minimum atomic E-state index is -0.417. The van der Waals surface area contributed by atoms with Gasteiger partial charge in [0.2, 0.25) is 0 Å². The van der Waals surface area contributed by atoms with Gasteiger partial charge in [-0.2, -0.15) is 0 Å². The number of nitrogens with one attached hydrogen (secondary N) is 1. The minimum absolute atomic E-state index is 0.291. The summed E-state index contributed by atoms with van der Waals surface area (Å²) in [5.41, 5.74) is 2.20. The van der Waals surface area contributed by atoms with Gasteiger partial charge < -0.3 is 5.32 Å². The summed E-state index contributed by atoms with van der Waals surface area (Å²) in [6.45, 7) is 0.389. The molecule has 1 heterocycles. The van der Waals surface area contributed by atoms with Crippen LogP contribution in [0.25, 0.3) is 10.9 Å². The topological polar surface area (TPSA) is 42.0 Å². The smallest absolute Gasteiger partial charge is 0.251 e. The zero-order valence-corrected chi connectivity index (χ0v) is 11.2. The van der Waals surface area contributed by atoms with Gasteiger partial charge in [-0.3, -0.25) is 9.78 Å². The van der Waals surface area contributed by atoms with E-state index in [-0.39, 0.29) is 5.91 Å². The second kappa shape index (κ2) is 5.71. The van der Waals surface area contributed by atoms with E-state index in [1.54, 1.807) is 12.3 Å². The van der Waals surface area contributed by atoms with Crippen LogP contribution >= 0.6 is 0 Å². The first-order chi connectivity index (χ1) is 10.2. The number of fused-ring (bicyclic) bond motifs is 1. The normalized spacial score (nSPS) is 10.5. The third-order valence-corrected chi connectivity index (χ3v) is 3.21. The van der Waals surface area contributed by atoms with Crippen LogP contribution in [0.2, 0.25) is 0 Å². The standard InChI is InChI=1S/C17H13FN2O/c18-15-5-1-3-14(10-15)17(21)20-11-12-6-7-16-13(9-12)4-2-8-19-16/h1-10H,11H2,(H,20,21). The van der Waals surface area contributed by atoms with Gasteiger partial charge in [0, 0.05) is 23.7 Å². The van der Waals surface area contributed by atoms with Gasteiger partial charge in [0.25, 0.3) is 5.91 Å². The molecule has 1 N–H and O–H groups in total. The van der Waals surface area contributed by atoms with Crippen molar-refractivity contribution >= 4 is 16.8 Å². The summed E-state index contributed by atoms with van der Waals surface area (Å²) in [6.07, 6.45) is 1.74.